The van der Waals surface area contributed by atoms with Crippen molar-refractivity contribution in [1.82, 2.24) is 4.98 Å². The molecule has 0 aliphatic carbocycles. The molecule has 0 aliphatic rings. The molecule has 0 amide bonds. The second-order valence-electron chi connectivity index (χ2n) is 3.08. The molecule has 0 saturated carbocycles. The molecule has 91 valence electrons. The van der Waals surface area contributed by atoms with Crippen molar-refractivity contribution in [3.8, 4) is 5.75 Å². The number of hydrogen-bond donors (Lipinski definition) is 1. The van der Waals surface area contributed by atoms with E-state index in [-0.39, 0.29) is 45.8 Å². The number of rotatable bonds is 2. The van der Waals surface area contributed by atoms with Gasteiger partial charge in [0.1, 0.15) is 5.52 Å². The minimum atomic E-state index is -4.67. The Morgan fingerprint density at radius 3 is 2.56 bits per heavy atom. The third kappa shape index (κ3) is 3.48. The molecule has 0 unspecified atom stereocenters. The van der Waals surface area contributed by atoms with Gasteiger partial charge in [0.15, 0.2) is 5.75 Å². The summed E-state index contributed by atoms with van der Waals surface area (Å²) in [5.74, 6) is -0.255. The maximum atomic E-state index is 10.7. The largest absolute Gasteiger partial charge is 0.446 e. The van der Waals surface area contributed by atoms with E-state index in [0.29, 0.717) is 10.4 Å². The van der Waals surface area contributed by atoms with Crippen LogP contribution in [0.1, 0.15) is 0 Å². The van der Waals surface area contributed by atoms with Crippen molar-refractivity contribution < 1.29 is 17.2 Å². The van der Waals surface area contributed by atoms with E-state index in [9.17, 15) is 8.42 Å². The van der Waals surface area contributed by atoms with Crippen molar-refractivity contribution in [3.05, 3.63) is 34.4 Å². The predicted octanol–water partition coefficient (Wildman–Crippen LogP) is 2.34. The van der Waals surface area contributed by atoms with Gasteiger partial charge in [0.05, 0.1) is 10.0 Å². The molecule has 1 aromatic heterocycles. The molecular weight excluding hydrogens is 312 g/mol. The van der Waals surface area contributed by atoms with Gasteiger partial charge in [0.25, 0.3) is 0 Å². The third-order valence-corrected chi connectivity index (χ3v) is 2.91. The van der Waals surface area contributed by atoms with Crippen molar-refractivity contribution in [2.45, 2.75) is 0 Å². The van der Waals surface area contributed by atoms with E-state index in [0.717, 1.165) is 0 Å². The molecule has 0 fully saturated rings. The van der Waals surface area contributed by atoms with Crippen molar-refractivity contribution in [2.75, 3.05) is 0 Å². The Bertz CT molecular complexity index is 692. The van der Waals surface area contributed by atoms with Crippen LogP contribution in [0.4, 0.5) is 0 Å². The standard InChI is InChI=1S/C9H5Cl2NO4S.Na/c10-6-4-7(11)9(16-17(13,14)15)8-5(6)2-1-3-12-8;/h1-4H,(H,13,14,15);. The first-order valence-electron chi connectivity index (χ1n) is 4.28. The summed E-state index contributed by atoms with van der Waals surface area (Å²) >= 11 is 11.7. The Morgan fingerprint density at radius 1 is 1.28 bits per heavy atom. The second kappa shape index (κ2) is 5.92. The van der Waals surface area contributed by atoms with Crippen molar-refractivity contribution in [1.29, 1.82) is 0 Å². The maximum Gasteiger partial charge on any atom is 0.446 e. The summed E-state index contributed by atoms with van der Waals surface area (Å²) in [6.07, 6.45) is 1.42. The number of halogens is 2. The molecule has 5 nitrogen and oxygen atoms in total. The van der Waals surface area contributed by atoms with Crippen LogP contribution in [-0.2, 0) is 10.4 Å². The zero-order valence-corrected chi connectivity index (χ0v) is 13.4. The van der Waals surface area contributed by atoms with Gasteiger partial charge in [0.2, 0.25) is 0 Å². The van der Waals surface area contributed by atoms with Gasteiger partial charge in [-0.3, -0.25) is 9.54 Å². The first kappa shape index (κ1) is 16.0. The zero-order valence-electron chi connectivity index (χ0n) is 9.09. The molecule has 1 N–H and O–H groups in total. The predicted molar refractivity (Wildman–Crippen MR) is 69.7 cm³/mol. The smallest absolute Gasteiger partial charge is 0.358 e. The minimum absolute atomic E-state index is 0. The quantitative estimate of drug-likeness (QED) is 0.679. The summed E-state index contributed by atoms with van der Waals surface area (Å²) in [4.78, 5) is 3.92. The Labute approximate surface area is 135 Å². The summed E-state index contributed by atoms with van der Waals surface area (Å²) in [6.45, 7) is 0. The maximum absolute atomic E-state index is 10.7. The molecule has 2 aromatic rings. The topological polar surface area (TPSA) is 76.5 Å². The van der Waals surface area contributed by atoms with Crippen LogP contribution in [0.15, 0.2) is 24.4 Å². The Kier molecular flexibility index (Phi) is 5.25. The van der Waals surface area contributed by atoms with Crippen LogP contribution in [0.2, 0.25) is 10.0 Å². The van der Waals surface area contributed by atoms with E-state index >= 15 is 0 Å². The van der Waals surface area contributed by atoms with E-state index in [1.807, 2.05) is 0 Å². The molecule has 0 atom stereocenters. The minimum Gasteiger partial charge on any atom is -0.358 e. The zero-order chi connectivity index (χ0) is 12.6. The van der Waals surface area contributed by atoms with Gasteiger partial charge in [-0.05, 0) is 18.2 Å². The first-order valence-corrected chi connectivity index (χ1v) is 6.40. The summed E-state index contributed by atoms with van der Waals surface area (Å²) < 4.78 is 34.4. The fraction of sp³-hybridized carbons (Fsp3) is 0. The molecule has 2 rings (SSSR count). The van der Waals surface area contributed by atoms with Crippen LogP contribution in [-0.4, -0.2) is 47.5 Å². The second-order valence-corrected chi connectivity index (χ2v) is 4.92. The Hall–Kier alpha value is -0.0800. The third-order valence-electron chi connectivity index (χ3n) is 1.94. The SMILES string of the molecule is O=S(=O)(O)Oc1c(Cl)cc(Cl)c2cccnc12.[Na]. The Morgan fingerprint density at radius 2 is 1.94 bits per heavy atom. The molecule has 18 heavy (non-hydrogen) atoms. The number of pyridine rings is 1. The molecular formula is C9H5Cl2NNaO4S. The number of nitrogens with zero attached hydrogens (tertiary/aromatic N) is 1. The van der Waals surface area contributed by atoms with Crippen LogP contribution < -0.4 is 4.18 Å². The normalized spacial score (nSPS) is 11.1. The Balaban J connectivity index is 0.00000162. The van der Waals surface area contributed by atoms with E-state index < -0.39 is 10.4 Å². The fourth-order valence-electron chi connectivity index (χ4n) is 1.33. The molecule has 0 saturated heterocycles. The van der Waals surface area contributed by atoms with Gasteiger partial charge in [-0.25, -0.2) is 0 Å². The van der Waals surface area contributed by atoms with Gasteiger partial charge in [-0.15, -0.1) is 0 Å². The van der Waals surface area contributed by atoms with Gasteiger partial charge in [-0.2, -0.15) is 8.42 Å². The summed E-state index contributed by atoms with van der Waals surface area (Å²) in [5.41, 5.74) is 0.155. The van der Waals surface area contributed by atoms with E-state index in [1.54, 1.807) is 12.1 Å². The van der Waals surface area contributed by atoms with E-state index in [4.69, 9.17) is 27.8 Å². The van der Waals surface area contributed by atoms with Crippen LogP contribution in [0, 0.1) is 0 Å². The average Bonchev–Trinajstić information content (AvgIpc) is 2.23. The van der Waals surface area contributed by atoms with Crippen LogP contribution >= 0.6 is 23.2 Å². The average molecular weight is 317 g/mol. The summed E-state index contributed by atoms with van der Waals surface area (Å²) in [6, 6.07) is 4.56. The summed E-state index contributed by atoms with van der Waals surface area (Å²) in [5, 5.41) is 0.719. The van der Waals surface area contributed by atoms with E-state index in [2.05, 4.69) is 9.17 Å². The molecule has 0 bridgehead atoms. The molecule has 0 aliphatic heterocycles. The number of aromatic nitrogens is 1. The number of benzene rings is 1. The fourth-order valence-corrected chi connectivity index (χ4v) is 2.31. The molecule has 9 heteroatoms. The van der Waals surface area contributed by atoms with Crippen LogP contribution in [0.25, 0.3) is 10.9 Å². The first-order chi connectivity index (χ1) is 7.88. The monoisotopic (exact) mass is 316 g/mol. The van der Waals surface area contributed by atoms with Crippen molar-refractivity contribution >= 4 is 74.1 Å². The van der Waals surface area contributed by atoms with Gasteiger partial charge in [0, 0.05) is 41.1 Å². The van der Waals surface area contributed by atoms with Gasteiger partial charge < -0.3 is 4.18 Å². The molecule has 1 heterocycles. The summed E-state index contributed by atoms with van der Waals surface area (Å²) in [7, 11) is -4.67. The number of hydrogen-bond acceptors (Lipinski definition) is 4. The number of fused-ring (bicyclic) bond motifs is 1. The van der Waals surface area contributed by atoms with Crippen LogP contribution in [0.5, 0.6) is 5.75 Å². The molecule has 1 radical (unpaired) electrons. The van der Waals surface area contributed by atoms with Crippen LogP contribution in [0.3, 0.4) is 0 Å². The van der Waals surface area contributed by atoms with Crippen molar-refractivity contribution in [3.63, 3.8) is 0 Å². The van der Waals surface area contributed by atoms with Gasteiger partial charge >= 0.3 is 10.4 Å². The molecule has 0 spiro atoms. The van der Waals surface area contributed by atoms with E-state index in [1.165, 1.54) is 12.3 Å². The molecule has 1 aromatic carbocycles. The van der Waals surface area contributed by atoms with Crippen molar-refractivity contribution in [2.24, 2.45) is 0 Å². The van der Waals surface area contributed by atoms with Gasteiger partial charge in [-0.1, -0.05) is 23.2 Å².